The van der Waals surface area contributed by atoms with Crippen molar-refractivity contribution in [3.05, 3.63) is 156 Å². The fourth-order valence-corrected chi connectivity index (χ4v) is 9.41. The molecule has 0 amide bonds. The smallest absolute Gasteiger partial charge is 0.329 e. The van der Waals surface area contributed by atoms with E-state index in [4.69, 9.17) is 0 Å². The third-order valence-electron chi connectivity index (χ3n) is 11.1. The van der Waals surface area contributed by atoms with Crippen LogP contribution >= 0.6 is 0 Å². The number of aromatic nitrogens is 2. The molecule has 3 nitrogen and oxygen atoms in total. The number of aryl methyl sites for hydroxylation is 3. The van der Waals surface area contributed by atoms with E-state index in [9.17, 15) is 0 Å². The molecule has 4 heterocycles. The average molecular weight is 626 g/mol. The summed E-state index contributed by atoms with van der Waals surface area (Å²) in [7, 11) is 0. The summed E-state index contributed by atoms with van der Waals surface area (Å²) in [6, 6.07) is 52.1. The minimum Gasteiger partial charge on any atom is -0.375 e. The van der Waals surface area contributed by atoms with Gasteiger partial charge in [-0.05, 0) is 85.8 Å². The van der Waals surface area contributed by atoms with Gasteiger partial charge >= 0.3 is 6.85 Å². The van der Waals surface area contributed by atoms with Crippen molar-refractivity contribution >= 4 is 78.4 Å². The number of anilines is 3. The van der Waals surface area contributed by atoms with Crippen LogP contribution in [0.5, 0.6) is 0 Å². The van der Waals surface area contributed by atoms with Crippen LogP contribution in [-0.4, -0.2) is 15.9 Å². The lowest BCUT2D eigenvalue weighted by Gasteiger charge is -2.33. The van der Waals surface area contributed by atoms with Crippen molar-refractivity contribution in [2.24, 2.45) is 0 Å². The van der Waals surface area contributed by atoms with Crippen LogP contribution in [0.1, 0.15) is 16.7 Å². The van der Waals surface area contributed by atoms with Crippen LogP contribution in [0.2, 0.25) is 0 Å². The van der Waals surface area contributed by atoms with E-state index in [0.29, 0.717) is 0 Å². The van der Waals surface area contributed by atoms with Crippen molar-refractivity contribution in [3.8, 4) is 16.8 Å². The van der Waals surface area contributed by atoms with E-state index in [2.05, 4.69) is 174 Å². The molecule has 0 saturated carbocycles. The van der Waals surface area contributed by atoms with Crippen LogP contribution in [0.15, 0.2) is 140 Å². The molecule has 2 aliphatic heterocycles. The average Bonchev–Trinajstić information content (AvgIpc) is 3.63. The van der Waals surface area contributed by atoms with Gasteiger partial charge in [0.15, 0.2) is 0 Å². The van der Waals surface area contributed by atoms with Crippen molar-refractivity contribution < 1.29 is 0 Å². The second-order valence-electron chi connectivity index (χ2n) is 13.9. The normalized spacial score (nSPS) is 13.1. The van der Waals surface area contributed by atoms with Crippen molar-refractivity contribution in [2.75, 3.05) is 4.90 Å². The van der Waals surface area contributed by atoms with E-state index < -0.39 is 0 Å². The molecule has 0 spiro atoms. The molecular weight excluding hydrogens is 593 g/mol. The summed E-state index contributed by atoms with van der Waals surface area (Å²) in [5.41, 5.74) is 19.3. The highest BCUT2D eigenvalue weighted by molar-refractivity contribution is 6.87. The summed E-state index contributed by atoms with van der Waals surface area (Å²) < 4.78 is 5.18. The molecule has 0 fully saturated rings. The van der Waals surface area contributed by atoms with Crippen molar-refractivity contribution in [3.63, 3.8) is 0 Å². The van der Waals surface area contributed by atoms with E-state index in [1.54, 1.807) is 0 Å². The van der Waals surface area contributed by atoms with Gasteiger partial charge in [-0.3, -0.25) is 0 Å². The molecule has 230 valence electrons. The number of para-hydroxylation sites is 6. The number of fused-ring (bicyclic) bond motifs is 10. The zero-order chi connectivity index (χ0) is 32.5. The Bertz CT molecular complexity index is 2850. The molecular formula is C45H32BN3. The summed E-state index contributed by atoms with van der Waals surface area (Å²) in [5, 5.41) is 5.20. The molecule has 0 saturated heterocycles. The van der Waals surface area contributed by atoms with Gasteiger partial charge in [0.1, 0.15) is 0 Å². The molecule has 2 aromatic heterocycles. The second-order valence-corrected chi connectivity index (χ2v) is 13.9. The van der Waals surface area contributed by atoms with Crippen LogP contribution in [0.3, 0.4) is 0 Å². The van der Waals surface area contributed by atoms with E-state index in [0.717, 1.165) is 0 Å². The first-order valence-electron chi connectivity index (χ1n) is 17.2. The zero-order valence-corrected chi connectivity index (χ0v) is 27.7. The number of benzene rings is 7. The van der Waals surface area contributed by atoms with Crippen LogP contribution in [-0.2, 0) is 0 Å². The summed E-state index contributed by atoms with van der Waals surface area (Å²) in [4.78, 5) is 2.43. The van der Waals surface area contributed by atoms with Gasteiger partial charge in [-0.25, -0.2) is 0 Å². The number of nitrogens with zero attached hydrogens (tertiary/aromatic N) is 3. The molecule has 49 heavy (non-hydrogen) atoms. The van der Waals surface area contributed by atoms with Gasteiger partial charge in [0.25, 0.3) is 0 Å². The highest BCUT2D eigenvalue weighted by Gasteiger charge is 2.37. The molecule has 0 unspecified atom stereocenters. The largest absolute Gasteiger partial charge is 0.375 e. The lowest BCUT2D eigenvalue weighted by atomic mass is 9.45. The Hall–Kier alpha value is -6.00. The molecule has 0 aliphatic carbocycles. The Labute approximate surface area is 285 Å². The lowest BCUT2D eigenvalue weighted by Crippen LogP contribution is -2.53. The van der Waals surface area contributed by atoms with E-state index in [1.807, 2.05) is 0 Å². The number of hydrogen-bond donors (Lipinski definition) is 0. The van der Waals surface area contributed by atoms with Gasteiger partial charge in [-0.15, -0.1) is 0 Å². The van der Waals surface area contributed by atoms with Crippen molar-refractivity contribution in [2.45, 2.75) is 20.8 Å². The second kappa shape index (κ2) is 9.55. The molecule has 11 rings (SSSR count). The van der Waals surface area contributed by atoms with E-state index >= 15 is 0 Å². The standard InChI is InChI=1S/C45H32BN3/c1-27-23-28(2)43(29(3)24-27)46-37-26-42-36(25-35(37)33-17-11-16-32-31-15-7-8-19-38(31)49(46)44(32)33)34-18-12-22-41-45(34)48(42)40-21-10-9-20-39(40)47(41)30-13-5-4-6-14-30/h4-26H,1-3H3. The maximum Gasteiger partial charge on any atom is 0.329 e. The van der Waals surface area contributed by atoms with Gasteiger partial charge < -0.3 is 13.9 Å². The Morgan fingerprint density at radius 3 is 1.94 bits per heavy atom. The van der Waals surface area contributed by atoms with Gasteiger partial charge in [0, 0.05) is 43.8 Å². The van der Waals surface area contributed by atoms with Crippen LogP contribution in [0.25, 0.3) is 60.4 Å². The maximum absolute atomic E-state index is 2.65. The number of rotatable bonds is 2. The summed E-state index contributed by atoms with van der Waals surface area (Å²) >= 11 is 0. The molecule has 0 bridgehead atoms. The first kappa shape index (κ1) is 27.0. The summed E-state index contributed by atoms with van der Waals surface area (Å²) in [5.74, 6) is 0. The third-order valence-corrected chi connectivity index (χ3v) is 11.1. The predicted octanol–water partition coefficient (Wildman–Crippen LogP) is 10.2. The minimum absolute atomic E-state index is 0.0298. The fourth-order valence-electron chi connectivity index (χ4n) is 9.41. The quantitative estimate of drug-likeness (QED) is 0.174. The molecule has 4 heteroatoms. The van der Waals surface area contributed by atoms with E-state index in [1.165, 1.54) is 105 Å². The third kappa shape index (κ3) is 3.43. The van der Waals surface area contributed by atoms with Gasteiger partial charge in [0.2, 0.25) is 0 Å². The highest BCUT2D eigenvalue weighted by atomic mass is 15.2. The monoisotopic (exact) mass is 625 g/mol. The molecule has 0 atom stereocenters. The Kier molecular flexibility index (Phi) is 5.26. The van der Waals surface area contributed by atoms with Crippen molar-refractivity contribution in [1.29, 1.82) is 0 Å². The summed E-state index contributed by atoms with van der Waals surface area (Å²) in [6.45, 7) is 6.84. The van der Waals surface area contributed by atoms with Crippen LogP contribution < -0.4 is 15.8 Å². The zero-order valence-electron chi connectivity index (χ0n) is 27.7. The Morgan fingerprint density at radius 2 is 1.12 bits per heavy atom. The summed E-state index contributed by atoms with van der Waals surface area (Å²) in [6.07, 6.45) is 0. The maximum atomic E-state index is 2.65. The topological polar surface area (TPSA) is 13.1 Å². The van der Waals surface area contributed by atoms with Crippen molar-refractivity contribution in [1.82, 2.24) is 9.05 Å². The molecule has 0 radical (unpaired) electrons. The molecule has 0 N–H and O–H groups in total. The molecule has 9 aromatic rings. The predicted molar refractivity (Wildman–Crippen MR) is 209 cm³/mol. The highest BCUT2D eigenvalue weighted by Crippen LogP contribution is 2.50. The van der Waals surface area contributed by atoms with Gasteiger partial charge in [0.05, 0.1) is 28.1 Å². The molecule has 7 aromatic carbocycles. The first-order valence-corrected chi connectivity index (χ1v) is 17.2. The van der Waals surface area contributed by atoms with Gasteiger partial charge in [-0.2, -0.15) is 0 Å². The Balaban J connectivity index is 1.32. The van der Waals surface area contributed by atoms with E-state index in [-0.39, 0.29) is 6.85 Å². The Morgan fingerprint density at radius 1 is 0.469 bits per heavy atom. The lowest BCUT2D eigenvalue weighted by molar-refractivity contribution is 1.11. The van der Waals surface area contributed by atoms with Crippen LogP contribution in [0.4, 0.5) is 17.1 Å². The first-order chi connectivity index (χ1) is 24.1. The van der Waals surface area contributed by atoms with Gasteiger partial charge in [-0.1, -0.05) is 108 Å². The number of hydrogen-bond acceptors (Lipinski definition) is 1. The minimum atomic E-state index is 0.0298. The molecule has 2 aliphatic rings. The van der Waals surface area contributed by atoms with Crippen LogP contribution in [0, 0.1) is 20.8 Å². The SMILES string of the molecule is Cc1cc(C)c(B2c3cc4c(cc3-c3cccc5c6ccccc6n2c35)c2cccc3c2n4-c2ccccc2N3c2ccccc2)c(C)c1. The fraction of sp³-hybridized carbons (Fsp3) is 0.0667.